The molecule has 8 heteroatoms. The van der Waals surface area contributed by atoms with Gasteiger partial charge < -0.3 is 25.1 Å². The average Bonchev–Trinajstić information content (AvgIpc) is 3.06. The van der Waals surface area contributed by atoms with Gasteiger partial charge in [-0.1, -0.05) is 25.1 Å². The Hall–Kier alpha value is -3.13. The maximum absolute atomic E-state index is 11.1. The molecule has 5 N–H and O–H groups in total. The van der Waals surface area contributed by atoms with Gasteiger partial charge in [-0.3, -0.25) is 5.43 Å². The number of hydrogen-bond donors (Lipinski definition) is 4. The predicted molar refractivity (Wildman–Crippen MR) is 91.9 cm³/mol. The topological polar surface area (TPSA) is 115 Å². The first-order chi connectivity index (χ1) is 12.5. The molecule has 2 amide bonds. The van der Waals surface area contributed by atoms with Crippen molar-refractivity contribution < 1.29 is 24.1 Å². The number of primary amides is 1. The number of benzene rings is 2. The lowest BCUT2D eigenvalue weighted by atomic mass is 9.78. The first-order valence-electron chi connectivity index (χ1n) is 8.23. The molecule has 0 aromatic heterocycles. The number of hydrogen-bond acceptors (Lipinski definition) is 6. The highest BCUT2D eigenvalue weighted by Crippen LogP contribution is 2.50. The van der Waals surface area contributed by atoms with Gasteiger partial charge in [0, 0.05) is 29.0 Å². The maximum atomic E-state index is 11.1. The van der Waals surface area contributed by atoms with E-state index in [1.165, 1.54) is 0 Å². The van der Waals surface area contributed by atoms with Crippen LogP contribution in [-0.2, 0) is 0 Å². The normalized spacial score (nSPS) is 23.0. The van der Waals surface area contributed by atoms with Crippen LogP contribution in [0.3, 0.4) is 0 Å². The van der Waals surface area contributed by atoms with Gasteiger partial charge in [-0.05, 0) is 12.1 Å². The number of carbonyl (C=O) groups is 1. The lowest BCUT2D eigenvalue weighted by Gasteiger charge is -2.38. The Balaban J connectivity index is 1.80. The number of nitrogens with one attached hydrogen (secondary N) is 2. The van der Waals surface area contributed by atoms with E-state index < -0.39 is 12.3 Å². The summed E-state index contributed by atoms with van der Waals surface area (Å²) in [6.45, 7) is 2.12. The van der Waals surface area contributed by atoms with Crippen molar-refractivity contribution in [1.29, 1.82) is 0 Å². The fourth-order valence-electron chi connectivity index (χ4n) is 3.49. The third kappa shape index (κ3) is 2.74. The Labute approximate surface area is 149 Å². The zero-order valence-corrected chi connectivity index (χ0v) is 14.1. The second-order valence-electron chi connectivity index (χ2n) is 6.31. The van der Waals surface area contributed by atoms with Crippen molar-refractivity contribution in [3.05, 3.63) is 47.5 Å². The minimum absolute atomic E-state index is 0.136. The zero-order chi connectivity index (χ0) is 18.3. The van der Waals surface area contributed by atoms with E-state index in [-0.39, 0.29) is 24.4 Å². The Morgan fingerprint density at radius 3 is 2.62 bits per heavy atom. The van der Waals surface area contributed by atoms with Crippen molar-refractivity contribution in [1.82, 2.24) is 10.9 Å². The molecule has 0 fully saturated rings. The number of rotatable bonds is 3. The lowest BCUT2D eigenvalue weighted by molar-refractivity contribution is 0.0688. The molecule has 0 bridgehead atoms. The largest absolute Gasteiger partial charge is 0.508 e. The maximum Gasteiger partial charge on any atom is 0.326 e. The first kappa shape index (κ1) is 16.3. The van der Waals surface area contributed by atoms with Gasteiger partial charge in [0.05, 0.1) is 0 Å². The molecule has 0 aliphatic carbocycles. The van der Waals surface area contributed by atoms with Crippen LogP contribution in [0.2, 0.25) is 0 Å². The van der Waals surface area contributed by atoms with Gasteiger partial charge in [0.2, 0.25) is 6.79 Å². The molecule has 2 aromatic rings. The highest BCUT2D eigenvalue weighted by molar-refractivity contribution is 5.71. The number of phenolic OH excluding ortho intramolecular Hbond substituents is 1. The van der Waals surface area contributed by atoms with E-state index in [0.717, 1.165) is 11.1 Å². The lowest BCUT2D eigenvalue weighted by Crippen LogP contribution is -2.54. The van der Waals surface area contributed by atoms with Gasteiger partial charge in [-0.25, -0.2) is 4.79 Å². The van der Waals surface area contributed by atoms with Gasteiger partial charge in [0.25, 0.3) is 0 Å². The monoisotopic (exact) mass is 357 g/mol. The summed E-state index contributed by atoms with van der Waals surface area (Å²) >= 11 is 0. The van der Waals surface area contributed by atoms with Gasteiger partial charge in [0.15, 0.2) is 17.7 Å². The molecule has 8 nitrogen and oxygen atoms in total. The summed E-state index contributed by atoms with van der Waals surface area (Å²) in [5.74, 6) is 1.68. The number of carbonyl (C=O) groups excluding carboxylic acids is 1. The number of amides is 2. The van der Waals surface area contributed by atoms with Crippen LogP contribution >= 0.6 is 0 Å². The van der Waals surface area contributed by atoms with Crippen molar-refractivity contribution in [3.8, 4) is 23.0 Å². The molecule has 136 valence electrons. The van der Waals surface area contributed by atoms with Crippen LogP contribution in [0.15, 0.2) is 36.4 Å². The number of fused-ring (bicyclic) bond motifs is 2. The molecule has 0 saturated heterocycles. The van der Waals surface area contributed by atoms with Crippen LogP contribution in [0.4, 0.5) is 4.79 Å². The molecule has 0 saturated carbocycles. The summed E-state index contributed by atoms with van der Waals surface area (Å²) in [4.78, 5) is 11.1. The number of phenols is 1. The van der Waals surface area contributed by atoms with E-state index in [1.807, 2.05) is 25.1 Å². The summed E-state index contributed by atoms with van der Waals surface area (Å²) in [6, 6.07) is 10.1. The second-order valence-corrected chi connectivity index (χ2v) is 6.31. The van der Waals surface area contributed by atoms with E-state index >= 15 is 0 Å². The number of urea groups is 1. The zero-order valence-electron chi connectivity index (χ0n) is 14.1. The Kier molecular flexibility index (Phi) is 3.96. The molecular weight excluding hydrogens is 338 g/mol. The average molecular weight is 357 g/mol. The molecular formula is C18H19N3O5. The molecule has 3 atom stereocenters. The van der Waals surface area contributed by atoms with Gasteiger partial charge in [-0.2, -0.15) is 5.43 Å². The Morgan fingerprint density at radius 2 is 1.88 bits per heavy atom. The quantitative estimate of drug-likeness (QED) is 0.623. The van der Waals surface area contributed by atoms with Crippen LogP contribution in [0, 0.1) is 5.92 Å². The fourth-order valence-corrected chi connectivity index (χ4v) is 3.49. The van der Waals surface area contributed by atoms with E-state index in [2.05, 4.69) is 10.9 Å². The van der Waals surface area contributed by atoms with E-state index in [4.69, 9.17) is 19.9 Å². The van der Waals surface area contributed by atoms with E-state index in [9.17, 15) is 9.90 Å². The fraction of sp³-hybridized carbons (Fsp3) is 0.278. The highest BCUT2D eigenvalue weighted by Gasteiger charge is 2.39. The molecule has 0 spiro atoms. The minimum Gasteiger partial charge on any atom is -0.508 e. The number of hydrazine groups is 1. The molecule has 2 aliphatic heterocycles. The molecule has 2 aliphatic rings. The summed E-state index contributed by atoms with van der Waals surface area (Å²) < 4.78 is 16.9. The molecule has 0 radical (unpaired) electrons. The smallest absolute Gasteiger partial charge is 0.326 e. The summed E-state index contributed by atoms with van der Waals surface area (Å²) in [6.07, 6.45) is -0.556. The van der Waals surface area contributed by atoms with E-state index in [0.29, 0.717) is 17.2 Å². The van der Waals surface area contributed by atoms with Crippen molar-refractivity contribution in [2.45, 2.75) is 19.1 Å². The van der Waals surface area contributed by atoms with Crippen molar-refractivity contribution >= 4 is 6.03 Å². The molecule has 4 rings (SSSR count). The van der Waals surface area contributed by atoms with Gasteiger partial charge in [-0.15, -0.1) is 0 Å². The van der Waals surface area contributed by atoms with Gasteiger partial charge in [0.1, 0.15) is 11.5 Å². The Morgan fingerprint density at radius 1 is 1.15 bits per heavy atom. The second kappa shape index (κ2) is 6.30. The standard InChI is InChI=1S/C18H19N3O5/c1-9-16(10-4-2-3-5-12(10)22)11-6-14-15(25-8-24-14)7-13(11)26-17(9)20-21-18(19)23/h2-7,9,16-17,20,22H,8H2,1H3,(H3,19,21,23)/t9-,16+,17-/m0/s1. The van der Waals surface area contributed by atoms with Crippen molar-refractivity contribution in [2.75, 3.05) is 6.79 Å². The van der Waals surface area contributed by atoms with Crippen molar-refractivity contribution in [3.63, 3.8) is 0 Å². The third-order valence-corrected chi connectivity index (χ3v) is 4.71. The van der Waals surface area contributed by atoms with Crippen LogP contribution < -0.4 is 30.8 Å². The summed E-state index contributed by atoms with van der Waals surface area (Å²) in [5.41, 5.74) is 11.9. The van der Waals surface area contributed by atoms with Crippen LogP contribution in [0.5, 0.6) is 23.0 Å². The van der Waals surface area contributed by atoms with Crippen LogP contribution in [-0.4, -0.2) is 24.2 Å². The Bertz CT molecular complexity index is 857. The molecule has 2 aromatic carbocycles. The number of para-hydroxylation sites is 1. The SMILES string of the molecule is C[C@H]1[C@H](c2ccccc2O)c2cc3c(cc2O[C@@H]1NNC(N)=O)OCO3. The predicted octanol–water partition coefficient (Wildman–Crippen LogP) is 1.78. The highest BCUT2D eigenvalue weighted by atomic mass is 16.7. The molecule has 26 heavy (non-hydrogen) atoms. The van der Waals surface area contributed by atoms with Crippen LogP contribution in [0.25, 0.3) is 0 Å². The number of nitrogens with two attached hydrogens (primary N) is 1. The number of ether oxygens (including phenoxy) is 3. The summed E-state index contributed by atoms with van der Waals surface area (Å²) in [7, 11) is 0. The first-order valence-corrected chi connectivity index (χ1v) is 8.23. The number of aromatic hydroxyl groups is 1. The molecule has 2 heterocycles. The molecule has 0 unspecified atom stereocenters. The van der Waals surface area contributed by atoms with Gasteiger partial charge >= 0.3 is 6.03 Å². The van der Waals surface area contributed by atoms with Crippen LogP contribution in [0.1, 0.15) is 24.0 Å². The van der Waals surface area contributed by atoms with E-state index in [1.54, 1.807) is 18.2 Å². The summed E-state index contributed by atoms with van der Waals surface area (Å²) in [5, 5.41) is 10.4. The third-order valence-electron chi connectivity index (χ3n) is 4.71. The minimum atomic E-state index is -0.712. The van der Waals surface area contributed by atoms with Crippen molar-refractivity contribution in [2.24, 2.45) is 11.7 Å².